The Balaban J connectivity index is 1.50. The zero-order valence-corrected chi connectivity index (χ0v) is 15.0. The molecule has 0 aliphatic carbocycles. The van der Waals surface area contributed by atoms with E-state index < -0.39 is 0 Å². The van der Waals surface area contributed by atoms with Crippen LogP contribution in [0.4, 0.5) is 0 Å². The average Bonchev–Trinajstić information content (AvgIpc) is 3.12. The van der Waals surface area contributed by atoms with E-state index in [1.54, 1.807) is 7.11 Å². The maximum atomic E-state index is 12.0. The number of rotatable bonds is 7. The molecular formula is C19H18ClN3O3. The number of halogens is 1. The molecule has 0 saturated heterocycles. The van der Waals surface area contributed by atoms with Crippen molar-refractivity contribution in [3.05, 3.63) is 65.0 Å². The first-order chi connectivity index (χ1) is 12.6. The summed E-state index contributed by atoms with van der Waals surface area (Å²) in [7, 11) is 1.60. The molecule has 1 aromatic heterocycles. The molecule has 6 nitrogen and oxygen atoms in total. The summed E-state index contributed by atoms with van der Waals surface area (Å²) in [4.78, 5) is 16.3. The number of methoxy groups -OCH3 is 1. The highest BCUT2D eigenvalue weighted by atomic mass is 35.5. The van der Waals surface area contributed by atoms with Crippen molar-refractivity contribution in [3.8, 4) is 17.1 Å². The van der Waals surface area contributed by atoms with Crippen LogP contribution in [0.2, 0.25) is 5.02 Å². The van der Waals surface area contributed by atoms with Crippen molar-refractivity contribution in [1.29, 1.82) is 0 Å². The van der Waals surface area contributed by atoms with Crippen LogP contribution in [0.3, 0.4) is 0 Å². The second kappa shape index (κ2) is 8.49. The normalized spacial score (nSPS) is 10.5. The van der Waals surface area contributed by atoms with Crippen molar-refractivity contribution >= 4 is 17.5 Å². The van der Waals surface area contributed by atoms with Gasteiger partial charge in [0.1, 0.15) is 12.2 Å². The number of benzene rings is 2. The molecule has 0 bridgehead atoms. The van der Waals surface area contributed by atoms with Crippen LogP contribution in [0.25, 0.3) is 11.4 Å². The molecule has 0 atom stereocenters. The van der Waals surface area contributed by atoms with Crippen molar-refractivity contribution in [2.24, 2.45) is 0 Å². The molecule has 2 aromatic carbocycles. The van der Waals surface area contributed by atoms with E-state index in [0.29, 0.717) is 17.4 Å². The number of aromatic nitrogens is 2. The predicted octanol–water partition coefficient (Wildman–Crippen LogP) is 3.30. The Kier molecular flexibility index (Phi) is 5.86. The van der Waals surface area contributed by atoms with Crippen molar-refractivity contribution in [1.82, 2.24) is 15.5 Å². The molecule has 1 N–H and O–H groups in total. The second-order valence-electron chi connectivity index (χ2n) is 5.64. The van der Waals surface area contributed by atoms with E-state index in [0.717, 1.165) is 23.3 Å². The van der Waals surface area contributed by atoms with E-state index in [1.807, 2.05) is 48.5 Å². The van der Waals surface area contributed by atoms with Gasteiger partial charge in [0.15, 0.2) is 0 Å². The SMILES string of the molecule is COc1ccc(-c2noc(CC(=O)NCCc3ccc(Cl)cc3)n2)cc1. The van der Waals surface area contributed by atoms with Crippen molar-refractivity contribution < 1.29 is 14.1 Å². The molecule has 0 spiro atoms. The lowest BCUT2D eigenvalue weighted by Crippen LogP contribution is -2.27. The molecule has 1 amide bonds. The maximum Gasteiger partial charge on any atom is 0.236 e. The Morgan fingerprint density at radius 2 is 1.88 bits per heavy atom. The summed E-state index contributed by atoms with van der Waals surface area (Å²) in [6, 6.07) is 14.8. The van der Waals surface area contributed by atoms with Gasteiger partial charge in [-0.3, -0.25) is 4.79 Å². The predicted molar refractivity (Wildman–Crippen MR) is 98.2 cm³/mol. The van der Waals surface area contributed by atoms with Crippen LogP contribution in [0.15, 0.2) is 53.1 Å². The summed E-state index contributed by atoms with van der Waals surface area (Å²) in [5.74, 6) is 1.30. The Morgan fingerprint density at radius 1 is 1.15 bits per heavy atom. The van der Waals surface area contributed by atoms with Gasteiger partial charge in [0.25, 0.3) is 0 Å². The highest BCUT2D eigenvalue weighted by Gasteiger charge is 2.12. The van der Waals surface area contributed by atoms with Crippen LogP contribution in [-0.2, 0) is 17.6 Å². The first-order valence-corrected chi connectivity index (χ1v) is 8.50. The first-order valence-electron chi connectivity index (χ1n) is 8.12. The number of carbonyl (C=O) groups is 1. The van der Waals surface area contributed by atoms with Gasteiger partial charge < -0.3 is 14.6 Å². The zero-order chi connectivity index (χ0) is 18.4. The molecule has 3 aromatic rings. The number of hydrogen-bond donors (Lipinski definition) is 1. The van der Waals surface area contributed by atoms with Gasteiger partial charge in [-0.25, -0.2) is 0 Å². The molecule has 0 saturated carbocycles. The van der Waals surface area contributed by atoms with Gasteiger partial charge in [-0.1, -0.05) is 28.9 Å². The third-order valence-corrected chi connectivity index (χ3v) is 4.03. The molecule has 7 heteroatoms. The lowest BCUT2D eigenvalue weighted by Gasteiger charge is -2.04. The molecule has 0 unspecified atom stereocenters. The van der Waals surface area contributed by atoms with Gasteiger partial charge in [-0.05, 0) is 48.4 Å². The minimum Gasteiger partial charge on any atom is -0.497 e. The average molecular weight is 372 g/mol. The van der Waals surface area contributed by atoms with Crippen LogP contribution in [0, 0.1) is 0 Å². The molecule has 134 valence electrons. The number of amides is 1. The van der Waals surface area contributed by atoms with E-state index in [9.17, 15) is 4.79 Å². The summed E-state index contributed by atoms with van der Waals surface area (Å²) >= 11 is 5.85. The van der Waals surface area contributed by atoms with Gasteiger partial charge in [-0.2, -0.15) is 4.98 Å². The summed E-state index contributed by atoms with van der Waals surface area (Å²) in [6.07, 6.45) is 0.771. The standard InChI is InChI=1S/C19H18ClN3O3/c1-25-16-8-4-14(5-9-16)19-22-18(26-23-19)12-17(24)21-11-10-13-2-6-15(20)7-3-13/h2-9H,10-12H2,1H3,(H,21,24). The van der Waals surface area contributed by atoms with Crippen LogP contribution >= 0.6 is 11.6 Å². The van der Waals surface area contributed by atoms with Gasteiger partial charge >= 0.3 is 0 Å². The Labute approximate surface area is 156 Å². The minimum absolute atomic E-state index is 0.0454. The van der Waals surface area contributed by atoms with E-state index in [4.69, 9.17) is 20.9 Å². The lowest BCUT2D eigenvalue weighted by molar-refractivity contribution is -0.120. The van der Waals surface area contributed by atoms with Gasteiger partial charge in [0.2, 0.25) is 17.6 Å². The first kappa shape index (κ1) is 17.9. The van der Waals surface area contributed by atoms with Gasteiger partial charge in [0.05, 0.1) is 7.11 Å². The number of carbonyl (C=O) groups excluding carboxylic acids is 1. The van der Waals surface area contributed by atoms with Crippen LogP contribution in [0.5, 0.6) is 5.75 Å². The summed E-state index contributed by atoms with van der Waals surface area (Å²) in [6.45, 7) is 0.528. The van der Waals surface area contributed by atoms with E-state index in [1.165, 1.54) is 0 Å². The quantitative estimate of drug-likeness (QED) is 0.689. The number of hydrogen-bond acceptors (Lipinski definition) is 5. The Bertz CT molecular complexity index is 860. The van der Waals surface area contributed by atoms with Crippen molar-refractivity contribution in [3.63, 3.8) is 0 Å². The third kappa shape index (κ3) is 4.83. The topological polar surface area (TPSA) is 77.2 Å². The highest BCUT2D eigenvalue weighted by Crippen LogP contribution is 2.19. The van der Waals surface area contributed by atoms with E-state index >= 15 is 0 Å². The fourth-order valence-electron chi connectivity index (χ4n) is 2.38. The van der Waals surface area contributed by atoms with Crippen molar-refractivity contribution in [2.75, 3.05) is 13.7 Å². The molecule has 0 fully saturated rings. The number of nitrogens with one attached hydrogen (secondary N) is 1. The van der Waals surface area contributed by atoms with E-state index in [-0.39, 0.29) is 18.2 Å². The Morgan fingerprint density at radius 3 is 2.58 bits per heavy atom. The molecule has 1 heterocycles. The largest absolute Gasteiger partial charge is 0.497 e. The highest BCUT2D eigenvalue weighted by molar-refractivity contribution is 6.30. The smallest absolute Gasteiger partial charge is 0.236 e. The fourth-order valence-corrected chi connectivity index (χ4v) is 2.51. The Hall–Kier alpha value is -2.86. The molecular weight excluding hydrogens is 354 g/mol. The minimum atomic E-state index is -0.163. The maximum absolute atomic E-state index is 12.0. The molecule has 0 aliphatic heterocycles. The number of nitrogens with zero attached hydrogens (tertiary/aromatic N) is 2. The van der Waals surface area contributed by atoms with Gasteiger partial charge in [-0.15, -0.1) is 0 Å². The van der Waals surface area contributed by atoms with Crippen molar-refractivity contribution in [2.45, 2.75) is 12.8 Å². The molecule has 0 aliphatic rings. The molecule has 0 radical (unpaired) electrons. The van der Waals surface area contributed by atoms with Crippen LogP contribution in [0.1, 0.15) is 11.5 Å². The van der Waals surface area contributed by atoms with Crippen LogP contribution < -0.4 is 10.1 Å². The second-order valence-corrected chi connectivity index (χ2v) is 6.08. The number of ether oxygens (including phenoxy) is 1. The zero-order valence-electron chi connectivity index (χ0n) is 14.2. The molecule has 26 heavy (non-hydrogen) atoms. The monoisotopic (exact) mass is 371 g/mol. The summed E-state index contributed by atoms with van der Waals surface area (Å²) in [5, 5.41) is 7.45. The summed E-state index contributed by atoms with van der Waals surface area (Å²) in [5.41, 5.74) is 1.90. The fraction of sp³-hybridized carbons (Fsp3) is 0.211. The lowest BCUT2D eigenvalue weighted by atomic mass is 10.1. The van der Waals surface area contributed by atoms with Crippen LogP contribution in [-0.4, -0.2) is 29.7 Å². The summed E-state index contributed by atoms with van der Waals surface area (Å²) < 4.78 is 10.3. The van der Waals surface area contributed by atoms with Gasteiger partial charge in [0, 0.05) is 17.1 Å². The third-order valence-electron chi connectivity index (χ3n) is 3.78. The van der Waals surface area contributed by atoms with E-state index in [2.05, 4.69) is 15.5 Å². The molecule has 3 rings (SSSR count).